The smallest absolute Gasteiger partial charge is 0.220 e. The number of carbonyl (C=O) groups excluding carboxylic acids is 1. The van der Waals surface area contributed by atoms with Gasteiger partial charge in [-0.25, -0.2) is 0 Å². The molecule has 3 heteroatoms. The standard InChI is InChI=1S/C16H20N2O/c19-16(18-10-12-4-3-5-12)9-8-13-11-17-15-7-2-1-6-14(13)15/h1-2,6-7,11-12,17H,3-5,8-10H2,(H,18,19). The quantitative estimate of drug-likeness (QED) is 0.848. The highest BCUT2D eigenvalue weighted by Gasteiger charge is 2.17. The van der Waals surface area contributed by atoms with Crippen molar-refractivity contribution in [2.24, 2.45) is 5.92 Å². The van der Waals surface area contributed by atoms with Gasteiger partial charge >= 0.3 is 0 Å². The average molecular weight is 256 g/mol. The van der Waals surface area contributed by atoms with Gasteiger partial charge in [0.2, 0.25) is 5.91 Å². The summed E-state index contributed by atoms with van der Waals surface area (Å²) in [5.74, 6) is 0.911. The molecule has 0 unspecified atom stereocenters. The number of rotatable bonds is 5. The van der Waals surface area contributed by atoms with Crippen molar-refractivity contribution in [3.8, 4) is 0 Å². The van der Waals surface area contributed by atoms with Gasteiger partial charge in [-0.15, -0.1) is 0 Å². The van der Waals surface area contributed by atoms with Crippen LogP contribution in [-0.2, 0) is 11.2 Å². The fourth-order valence-electron chi connectivity index (χ4n) is 2.63. The topological polar surface area (TPSA) is 44.9 Å². The van der Waals surface area contributed by atoms with Crippen LogP contribution in [-0.4, -0.2) is 17.4 Å². The molecule has 2 N–H and O–H groups in total. The lowest BCUT2D eigenvalue weighted by Crippen LogP contribution is -2.32. The molecule has 100 valence electrons. The monoisotopic (exact) mass is 256 g/mol. The number of benzene rings is 1. The molecule has 0 radical (unpaired) electrons. The molecule has 1 aliphatic rings. The van der Waals surface area contributed by atoms with Gasteiger partial charge < -0.3 is 10.3 Å². The Hall–Kier alpha value is -1.77. The summed E-state index contributed by atoms with van der Waals surface area (Å²) in [6.07, 6.45) is 7.29. The third-order valence-corrected chi connectivity index (χ3v) is 4.11. The number of aromatic amines is 1. The fraction of sp³-hybridized carbons (Fsp3) is 0.438. The van der Waals surface area contributed by atoms with Gasteiger partial charge in [-0.1, -0.05) is 24.6 Å². The zero-order chi connectivity index (χ0) is 13.1. The number of hydrogen-bond acceptors (Lipinski definition) is 1. The molecule has 1 heterocycles. The van der Waals surface area contributed by atoms with E-state index < -0.39 is 0 Å². The van der Waals surface area contributed by atoms with Crippen molar-refractivity contribution < 1.29 is 4.79 Å². The van der Waals surface area contributed by atoms with E-state index in [2.05, 4.69) is 22.4 Å². The lowest BCUT2D eigenvalue weighted by Gasteiger charge is -2.25. The number of H-pyrrole nitrogens is 1. The van der Waals surface area contributed by atoms with E-state index in [1.165, 1.54) is 30.2 Å². The number of carbonyl (C=O) groups is 1. The third-order valence-electron chi connectivity index (χ3n) is 4.11. The molecule has 1 aromatic heterocycles. The van der Waals surface area contributed by atoms with Gasteiger partial charge in [0.1, 0.15) is 0 Å². The number of fused-ring (bicyclic) bond motifs is 1. The minimum Gasteiger partial charge on any atom is -0.361 e. The van der Waals surface area contributed by atoms with Crippen molar-refractivity contribution in [2.75, 3.05) is 6.54 Å². The van der Waals surface area contributed by atoms with Crippen LogP contribution < -0.4 is 5.32 Å². The van der Waals surface area contributed by atoms with Crippen LogP contribution in [0.2, 0.25) is 0 Å². The largest absolute Gasteiger partial charge is 0.361 e. The summed E-state index contributed by atoms with van der Waals surface area (Å²) in [7, 11) is 0. The van der Waals surface area contributed by atoms with E-state index in [4.69, 9.17) is 0 Å². The maximum Gasteiger partial charge on any atom is 0.220 e. The molecule has 0 atom stereocenters. The van der Waals surface area contributed by atoms with E-state index in [0.717, 1.165) is 24.4 Å². The summed E-state index contributed by atoms with van der Waals surface area (Å²) in [5.41, 5.74) is 2.38. The van der Waals surface area contributed by atoms with Gasteiger partial charge in [-0.2, -0.15) is 0 Å². The zero-order valence-corrected chi connectivity index (χ0v) is 11.1. The highest BCUT2D eigenvalue weighted by atomic mass is 16.1. The summed E-state index contributed by atoms with van der Waals surface area (Å²) in [5, 5.41) is 4.28. The Kier molecular flexibility index (Phi) is 3.53. The van der Waals surface area contributed by atoms with Crippen molar-refractivity contribution in [3.05, 3.63) is 36.0 Å². The molecular formula is C16H20N2O. The summed E-state index contributed by atoms with van der Waals surface area (Å²) in [6, 6.07) is 8.23. The van der Waals surface area contributed by atoms with E-state index in [0.29, 0.717) is 6.42 Å². The molecule has 1 fully saturated rings. The SMILES string of the molecule is O=C(CCc1c[nH]c2ccccc12)NCC1CCC1. The maximum atomic E-state index is 11.8. The fourth-order valence-corrected chi connectivity index (χ4v) is 2.63. The Morgan fingerprint density at radius 3 is 2.95 bits per heavy atom. The van der Waals surface area contributed by atoms with Crippen molar-refractivity contribution >= 4 is 16.8 Å². The summed E-state index contributed by atoms with van der Waals surface area (Å²) < 4.78 is 0. The van der Waals surface area contributed by atoms with Crippen molar-refractivity contribution in [3.63, 3.8) is 0 Å². The Labute approximate surface area is 113 Å². The van der Waals surface area contributed by atoms with Crippen LogP contribution in [0.3, 0.4) is 0 Å². The van der Waals surface area contributed by atoms with E-state index in [1.807, 2.05) is 18.3 Å². The normalized spacial score (nSPS) is 15.4. The second-order valence-electron chi connectivity index (χ2n) is 5.46. The average Bonchev–Trinajstić information content (AvgIpc) is 2.78. The molecule has 1 saturated carbocycles. The van der Waals surface area contributed by atoms with Crippen LogP contribution >= 0.6 is 0 Å². The van der Waals surface area contributed by atoms with Gasteiger partial charge in [0.15, 0.2) is 0 Å². The molecule has 0 saturated heterocycles. The van der Waals surface area contributed by atoms with E-state index in [-0.39, 0.29) is 5.91 Å². The molecule has 1 aromatic carbocycles. The molecule has 0 spiro atoms. The summed E-state index contributed by atoms with van der Waals surface area (Å²) >= 11 is 0. The predicted molar refractivity (Wildman–Crippen MR) is 77.0 cm³/mol. The first-order chi connectivity index (χ1) is 9.33. The first-order valence-corrected chi connectivity index (χ1v) is 7.14. The number of para-hydroxylation sites is 1. The summed E-state index contributed by atoms with van der Waals surface area (Å²) in [4.78, 5) is 15.0. The van der Waals surface area contributed by atoms with E-state index in [1.54, 1.807) is 0 Å². The second-order valence-corrected chi connectivity index (χ2v) is 5.46. The third kappa shape index (κ3) is 2.80. The molecule has 2 aromatic rings. The van der Waals surface area contributed by atoms with Gasteiger partial charge in [-0.3, -0.25) is 4.79 Å². The maximum absolute atomic E-state index is 11.8. The van der Waals surface area contributed by atoms with Crippen LogP contribution in [0.15, 0.2) is 30.5 Å². The van der Waals surface area contributed by atoms with Crippen LogP contribution in [0.4, 0.5) is 0 Å². The minimum absolute atomic E-state index is 0.178. The number of hydrogen-bond donors (Lipinski definition) is 2. The van der Waals surface area contributed by atoms with Crippen molar-refractivity contribution in [2.45, 2.75) is 32.1 Å². The van der Waals surface area contributed by atoms with Crippen LogP contribution in [0, 0.1) is 5.92 Å². The minimum atomic E-state index is 0.178. The second kappa shape index (κ2) is 5.47. The molecule has 1 amide bonds. The van der Waals surface area contributed by atoms with Crippen molar-refractivity contribution in [1.82, 2.24) is 10.3 Å². The molecule has 3 rings (SSSR count). The van der Waals surface area contributed by atoms with Crippen LogP contribution in [0.1, 0.15) is 31.2 Å². The van der Waals surface area contributed by atoms with E-state index >= 15 is 0 Å². The molecule has 0 aliphatic heterocycles. The number of nitrogens with one attached hydrogen (secondary N) is 2. The Balaban J connectivity index is 1.52. The molecular weight excluding hydrogens is 236 g/mol. The first kappa shape index (κ1) is 12.3. The highest BCUT2D eigenvalue weighted by molar-refractivity contribution is 5.84. The van der Waals surface area contributed by atoms with Crippen molar-refractivity contribution in [1.29, 1.82) is 0 Å². The Morgan fingerprint density at radius 2 is 2.16 bits per heavy atom. The predicted octanol–water partition coefficient (Wildman–Crippen LogP) is 3.02. The van der Waals surface area contributed by atoms with Crippen LogP contribution in [0.5, 0.6) is 0 Å². The highest BCUT2D eigenvalue weighted by Crippen LogP contribution is 2.25. The van der Waals surface area contributed by atoms with Gasteiger partial charge in [0.05, 0.1) is 0 Å². The molecule has 1 aliphatic carbocycles. The first-order valence-electron chi connectivity index (χ1n) is 7.14. The van der Waals surface area contributed by atoms with E-state index in [9.17, 15) is 4.79 Å². The number of aromatic nitrogens is 1. The van der Waals surface area contributed by atoms with Gasteiger partial charge in [0.25, 0.3) is 0 Å². The van der Waals surface area contributed by atoms with Crippen LogP contribution in [0.25, 0.3) is 10.9 Å². The lowest BCUT2D eigenvalue weighted by atomic mass is 9.85. The van der Waals surface area contributed by atoms with Gasteiger partial charge in [-0.05, 0) is 36.8 Å². The zero-order valence-electron chi connectivity index (χ0n) is 11.1. The summed E-state index contributed by atoms with van der Waals surface area (Å²) in [6.45, 7) is 0.868. The Morgan fingerprint density at radius 1 is 1.32 bits per heavy atom. The molecule has 0 bridgehead atoms. The molecule has 19 heavy (non-hydrogen) atoms. The Bertz CT molecular complexity index is 569. The number of amides is 1. The van der Waals surface area contributed by atoms with Gasteiger partial charge in [0, 0.05) is 30.1 Å². The molecule has 3 nitrogen and oxygen atoms in total. The number of aryl methyl sites for hydroxylation is 1. The lowest BCUT2D eigenvalue weighted by molar-refractivity contribution is -0.121.